The predicted octanol–water partition coefficient (Wildman–Crippen LogP) is 1.83. The van der Waals surface area contributed by atoms with Gasteiger partial charge in [0, 0.05) is 39.0 Å². The van der Waals surface area contributed by atoms with Crippen molar-refractivity contribution in [3.63, 3.8) is 0 Å². The van der Waals surface area contributed by atoms with E-state index in [2.05, 4.69) is 16.0 Å². The number of benzene rings is 1. The highest BCUT2D eigenvalue weighted by Gasteiger charge is 2.26. The zero-order valence-electron chi connectivity index (χ0n) is 21.1. The molecule has 1 atom stereocenters. The number of nitrogens with one attached hydrogen (secondary N) is 3. The second-order valence-corrected chi connectivity index (χ2v) is 9.05. The molecule has 36 heavy (non-hydrogen) atoms. The van der Waals surface area contributed by atoms with Crippen molar-refractivity contribution in [3.05, 3.63) is 35.9 Å². The van der Waals surface area contributed by atoms with Gasteiger partial charge in [-0.15, -0.1) is 0 Å². The van der Waals surface area contributed by atoms with Crippen molar-refractivity contribution in [1.82, 2.24) is 20.9 Å². The van der Waals surface area contributed by atoms with Gasteiger partial charge in [0.15, 0.2) is 0 Å². The van der Waals surface area contributed by atoms with Crippen molar-refractivity contribution in [2.75, 3.05) is 32.7 Å². The molecule has 1 saturated heterocycles. The Labute approximate surface area is 213 Å². The molecule has 1 fully saturated rings. The minimum atomic E-state index is -0.474. The molecule has 0 radical (unpaired) electrons. The van der Waals surface area contributed by atoms with Crippen LogP contribution in [0.25, 0.3) is 0 Å². The number of primary amides is 1. The van der Waals surface area contributed by atoms with Gasteiger partial charge in [0.05, 0.1) is 6.04 Å². The number of carbonyl (C=O) groups is 4. The molecule has 2 rings (SSSR count). The Morgan fingerprint density at radius 2 is 1.61 bits per heavy atom. The first-order valence-electron chi connectivity index (χ1n) is 13.0. The number of ether oxygens (including phenoxy) is 1. The van der Waals surface area contributed by atoms with Crippen molar-refractivity contribution in [2.24, 2.45) is 5.73 Å². The standard InChI is InChI=1S/C26H41N5O5/c27-23(32)14-13-22(25(34)31-18-7-8-19-31)28-15-6-2-5-12-24(33)29-16-9-17-30-26(35)36-20-21-10-3-1-4-11-21/h1,3-4,10-11,22,28H,2,5-9,12-20H2,(H2,27,32)(H,29,33)(H,30,35)/t22-/m0/s1. The molecule has 5 N–H and O–H groups in total. The molecule has 4 amide bonds. The topological polar surface area (TPSA) is 143 Å². The van der Waals surface area contributed by atoms with Crippen molar-refractivity contribution in [3.8, 4) is 0 Å². The number of hydrogen-bond donors (Lipinski definition) is 4. The molecule has 10 heteroatoms. The second kappa shape index (κ2) is 17.3. The maximum atomic E-state index is 12.7. The first kappa shape index (κ1) is 29.1. The number of hydrogen-bond acceptors (Lipinski definition) is 6. The van der Waals surface area contributed by atoms with Crippen LogP contribution in [0.2, 0.25) is 0 Å². The fraction of sp³-hybridized carbons (Fsp3) is 0.615. The normalized spacial score (nSPS) is 13.7. The summed E-state index contributed by atoms with van der Waals surface area (Å²) in [5.74, 6) is -0.369. The summed E-state index contributed by atoms with van der Waals surface area (Å²) >= 11 is 0. The lowest BCUT2D eigenvalue weighted by atomic mass is 10.1. The maximum Gasteiger partial charge on any atom is 0.407 e. The molecule has 1 aliphatic heterocycles. The summed E-state index contributed by atoms with van der Waals surface area (Å²) in [4.78, 5) is 49.4. The fourth-order valence-electron chi connectivity index (χ4n) is 3.99. The van der Waals surface area contributed by atoms with Gasteiger partial charge in [0.2, 0.25) is 17.7 Å². The van der Waals surface area contributed by atoms with E-state index in [1.165, 1.54) is 0 Å². The summed E-state index contributed by atoms with van der Waals surface area (Å²) in [7, 11) is 0. The highest BCUT2D eigenvalue weighted by atomic mass is 16.5. The first-order valence-corrected chi connectivity index (χ1v) is 13.0. The quantitative estimate of drug-likeness (QED) is 0.239. The van der Waals surface area contributed by atoms with Crippen LogP contribution in [-0.2, 0) is 25.7 Å². The predicted molar refractivity (Wildman–Crippen MR) is 137 cm³/mol. The molecule has 1 aliphatic rings. The van der Waals surface area contributed by atoms with Crippen LogP contribution in [0.4, 0.5) is 4.79 Å². The SMILES string of the molecule is NC(=O)CC[C@H](NCCCCCC(=O)NCCCNC(=O)OCc1ccccc1)C(=O)N1CCCC1. The van der Waals surface area contributed by atoms with Crippen molar-refractivity contribution < 1.29 is 23.9 Å². The van der Waals surface area contributed by atoms with E-state index in [-0.39, 0.29) is 30.9 Å². The van der Waals surface area contributed by atoms with Crippen LogP contribution in [0.15, 0.2) is 30.3 Å². The molecule has 0 spiro atoms. The summed E-state index contributed by atoms with van der Waals surface area (Å²) in [6.45, 7) is 3.33. The minimum absolute atomic E-state index is 0.0156. The zero-order chi connectivity index (χ0) is 26.0. The third kappa shape index (κ3) is 12.5. The highest BCUT2D eigenvalue weighted by Crippen LogP contribution is 2.12. The lowest BCUT2D eigenvalue weighted by Crippen LogP contribution is -2.46. The molecule has 1 aromatic rings. The van der Waals surface area contributed by atoms with Crippen LogP contribution in [0.1, 0.15) is 63.4 Å². The Hall–Kier alpha value is -3.14. The highest BCUT2D eigenvalue weighted by molar-refractivity contribution is 5.83. The van der Waals surface area contributed by atoms with Gasteiger partial charge in [0.25, 0.3) is 0 Å². The van der Waals surface area contributed by atoms with Crippen LogP contribution in [0, 0.1) is 0 Å². The summed E-state index contributed by atoms with van der Waals surface area (Å²) in [6.07, 6.45) is 5.66. The van der Waals surface area contributed by atoms with Crippen LogP contribution in [-0.4, -0.2) is 67.5 Å². The summed E-state index contributed by atoms with van der Waals surface area (Å²) in [5, 5.41) is 8.80. The molecule has 200 valence electrons. The monoisotopic (exact) mass is 503 g/mol. The van der Waals surface area contributed by atoms with Gasteiger partial charge < -0.3 is 31.3 Å². The Morgan fingerprint density at radius 3 is 2.33 bits per heavy atom. The van der Waals surface area contributed by atoms with E-state index in [9.17, 15) is 19.2 Å². The third-order valence-electron chi connectivity index (χ3n) is 6.02. The largest absolute Gasteiger partial charge is 0.445 e. The van der Waals surface area contributed by atoms with Gasteiger partial charge in [-0.25, -0.2) is 4.79 Å². The summed E-state index contributed by atoms with van der Waals surface area (Å²) in [6, 6.07) is 9.07. The maximum absolute atomic E-state index is 12.7. The van der Waals surface area contributed by atoms with E-state index in [4.69, 9.17) is 10.5 Å². The van der Waals surface area contributed by atoms with Gasteiger partial charge in [-0.2, -0.15) is 0 Å². The smallest absolute Gasteiger partial charge is 0.407 e. The fourth-order valence-corrected chi connectivity index (χ4v) is 3.99. The molecule has 1 aromatic carbocycles. The Morgan fingerprint density at radius 1 is 0.889 bits per heavy atom. The Bertz CT molecular complexity index is 814. The van der Waals surface area contributed by atoms with Gasteiger partial charge >= 0.3 is 6.09 Å². The summed E-state index contributed by atoms with van der Waals surface area (Å²) < 4.78 is 5.13. The zero-order valence-corrected chi connectivity index (χ0v) is 21.1. The van der Waals surface area contributed by atoms with E-state index < -0.39 is 12.0 Å². The van der Waals surface area contributed by atoms with E-state index in [0.717, 1.165) is 50.8 Å². The third-order valence-corrected chi connectivity index (χ3v) is 6.02. The number of carbonyl (C=O) groups excluding carboxylic acids is 4. The van der Waals surface area contributed by atoms with Crippen molar-refractivity contribution >= 4 is 23.8 Å². The molecule has 1 heterocycles. The van der Waals surface area contributed by atoms with Crippen LogP contribution in [0.3, 0.4) is 0 Å². The van der Waals surface area contributed by atoms with E-state index in [1.54, 1.807) is 0 Å². The number of unbranched alkanes of at least 4 members (excludes halogenated alkanes) is 2. The van der Waals surface area contributed by atoms with Gasteiger partial charge in [-0.3, -0.25) is 14.4 Å². The average Bonchev–Trinajstić information content (AvgIpc) is 3.41. The molecule has 0 aromatic heterocycles. The Kier molecular flexibility index (Phi) is 14.0. The molecule has 0 saturated carbocycles. The van der Waals surface area contributed by atoms with Crippen LogP contribution >= 0.6 is 0 Å². The van der Waals surface area contributed by atoms with Crippen molar-refractivity contribution in [1.29, 1.82) is 0 Å². The molecule has 0 aliphatic carbocycles. The van der Waals surface area contributed by atoms with Gasteiger partial charge in [-0.1, -0.05) is 36.8 Å². The van der Waals surface area contributed by atoms with E-state index >= 15 is 0 Å². The molecular weight excluding hydrogens is 462 g/mol. The second-order valence-electron chi connectivity index (χ2n) is 9.05. The Balaban J connectivity index is 1.47. The number of rotatable bonds is 17. The molecule has 10 nitrogen and oxygen atoms in total. The van der Waals surface area contributed by atoms with Gasteiger partial charge in [0.1, 0.15) is 6.61 Å². The number of likely N-dealkylation sites (tertiary alicyclic amines) is 1. The lowest BCUT2D eigenvalue weighted by molar-refractivity contribution is -0.132. The summed E-state index contributed by atoms with van der Waals surface area (Å²) in [5.41, 5.74) is 6.19. The minimum Gasteiger partial charge on any atom is -0.445 e. The first-order chi connectivity index (χ1) is 17.5. The van der Waals surface area contributed by atoms with E-state index in [0.29, 0.717) is 38.9 Å². The van der Waals surface area contributed by atoms with E-state index in [1.807, 2.05) is 35.2 Å². The molecule has 0 bridgehead atoms. The number of nitrogens with two attached hydrogens (primary N) is 1. The average molecular weight is 504 g/mol. The number of alkyl carbamates (subject to hydrolysis) is 1. The van der Waals surface area contributed by atoms with Gasteiger partial charge in [-0.05, 0) is 50.6 Å². The van der Waals surface area contributed by atoms with Crippen LogP contribution in [0.5, 0.6) is 0 Å². The number of nitrogens with zero attached hydrogens (tertiary/aromatic N) is 1. The lowest BCUT2D eigenvalue weighted by Gasteiger charge is -2.24. The number of amides is 4. The molecule has 0 unspecified atom stereocenters. The van der Waals surface area contributed by atoms with Crippen molar-refractivity contribution in [2.45, 2.75) is 70.4 Å². The molecular formula is C26H41N5O5. The van der Waals surface area contributed by atoms with Crippen LogP contribution < -0.4 is 21.7 Å².